The number of carbonyl (C=O) groups excluding carboxylic acids is 1. The molecule has 12 heteroatoms. The number of ether oxygens (including phenoxy) is 1. The molecule has 2 aliphatic rings. The van der Waals surface area contributed by atoms with Crippen LogP contribution in [0.25, 0.3) is 11.0 Å². The number of hydrogen-bond donors (Lipinski definition) is 1. The highest BCUT2D eigenvalue weighted by Crippen LogP contribution is 2.38. The van der Waals surface area contributed by atoms with Crippen LogP contribution in [-0.2, 0) is 22.3 Å². The van der Waals surface area contributed by atoms with Crippen LogP contribution in [0.15, 0.2) is 40.8 Å². The van der Waals surface area contributed by atoms with E-state index < -0.39 is 22.4 Å². The Labute approximate surface area is 241 Å². The smallest absolute Gasteiger partial charge is 0.423 e. The number of nitrogens with zero attached hydrogens (tertiary/aromatic N) is 3. The molecule has 0 unspecified atom stereocenters. The quantitative estimate of drug-likeness (QED) is 0.252. The summed E-state index contributed by atoms with van der Waals surface area (Å²) in [6.45, 7) is 7.58. The standard InChI is InChI=1S/C30H35F3N4O5/c1-19-3-10-27-24(15-19)20(2)28(42-27)17-35-11-13-36(14-12-35)29(38)18-41-23-7-4-21(5-8-23)34-22-6-9-26(37(39)40)25(16-22)30(31,32)33/h3,6,9-10,15-16,21,23,34H,4-5,7-8,11-14,17-18H2,1-2H3. The first kappa shape index (κ1) is 29.8. The summed E-state index contributed by atoms with van der Waals surface area (Å²) in [6, 6.07) is 9.07. The lowest BCUT2D eigenvalue weighted by molar-refractivity contribution is -0.388. The molecule has 2 fully saturated rings. The zero-order chi connectivity index (χ0) is 30.0. The molecule has 9 nitrogen and oxygen atoms in total. The van der Waals surface area contributed by atoms with E-state index in [1.54, 1.807) is 0 Å². The second kappa shape index (κ2) is 12.3. The van der Waals surface area contributed by atoms with Crippen molar-refractivity contribution in [3.05, 3.63) is 69.0 Å². The largest absolute Gasteiger partial charge is 0.459 e. The van der Waals surface area contributed by atoms with Crippen molar-refractivity contribution < 1.29 is 32.0 Å². The number of nitro groups is 1. The number of amides is 1. The summed E-state index contributed by atoms with van der Waals surface area (Å²) in [7, 11) is 0. The molecule has 1 aliphatic heterocycles. The summed E-state index contributed by atoms with van der Waals surface area (Å²) in [4.78, 5) is 26.9. The van der Waals surface area contributed by atoms with Crippen LogP contribution in [0.2, 0.25) is 0 Å². The molecule has 0 atom stereocenters. The van der Waals surface area contributed by atoms with Crippen LogP contribution in [0, 0.1) is 24.0 Å². The second-order valence-electron chi connectivity index (χ2n) is 11.2. The number of carbonyl (C=O) groups is 1. The summed E-state index contributed by atoms with van der Waals surface area (Å²) < 4.78 is 51.9. The Balaban J connectivity index is 1.04. The fourth-order valence-electron chi connectivity index (χ4n) is 5.80. The van der Waals surface area contributed by atoms with Crippen molar-refractivity contribution in [3.8, 4) is 0 Å². The van der Waals surface area contributed by atoms with Crippen LogP contribution in [0.5, 0.6) is 0 Å². The number of hydrogen-bond acceptors (Lipinski definition) is 7. The maximum atomic E-state index is 13.3. The van der Waals surface area contributed by atoms with Crippen molar-refractivity contribution in [2.24, 2.45) is 0 Å². The number of nitro benzene ring substituents is 1. The van der Waals surface area contributed by atoms with E-state index in [1.165, 1.54) is 11.6 Å². The normalized spacial score (nSPS) is 20.2. The molecule has 2 aromatic carbocycles. The van der Waals surface area contributed by atoms with E-state index in [4.69, 9.17) is 9.15 Å². The van der Waals surface area contributed by atoms with E-state index in [0.29, 0.717) is 45.3 Å². The van der Waals surface area contributed by atoms with E-state index in [-0.39, 0.29) is 30.3 Å². The van der Waals surface area contributed by atoms with Crippen molar-refractivity contribution in [1.29, 1.82) is 0 Å². The number of alkyl halides is 3. The van der Waals surface area contributed by atoms with Gasteiger partial charge in [0, 0.05) is 49.4 Å². The number of anilines is 1. The average molecular weight is 589 g/mol. The molecule has 0 spiro atoms. The monoisotopic (exact) mass is 588 g/mol. The van der Waals surface area contributed by atoms with Gasteiger partial charge < -0.3 is 19.4 Å². The molecular weight excluding hydrogens is 553 g/mol. The average Bonchev–Trinajstić information content (AvgIpc) is 3.26. The predicted octanol–water partition coefficient (Wildman–Crippen LogP) is 6.06. The SMILES string of the molecule is Cc1ccc2oc(CN3CCN(C(=O)COC4CCC(Nc5ccc([N+](=O)[O-])c(C(F)(F)F)c5)CC4)CC3)c(C)c2c1. The van der Waals surface area contributed by atoms with Crippen LogP contribution < -0.4 is 5.32 Å². The third kappa shape index (κ3) is 6.87. The molecule has 1 aromatic heterocycles. The van der Waals surface area contributed by atoms with Gasteiger partial charge in [-0.15, -0.1) is 0 Å². The lowest BCUT2D eigenvalue weighted by Gasteiger charge is -2.35. The Hall–Kier alpha value is -3.64. The number of fused-ring (bicyclic) bond motifs is 1. The van der Waals surface area contributed by atoms with Gasteiger partial charge in [0.1, 0.15) is 23.5 Å². The van der Waals surface area contributed by atoms with Gasteiger partial charge in [0.25, 0.3) is 5.69 Å². The fourth-order valence-corrected chi connectivity index (χ4v) is 5.80. The number of benzene rings is 2. The van der Waals surface area contributed by atoms with Crippen LogP contribution in [-0.4, -0.2) is 65.6 Å². The van der Waals surface area contributed by atoms with Gasteiger partial charge in [-0.3, -0.25) is 19.8 Å². The maximum absolute atomic E-state index is 13.3. The van der Waals surface area contributed by atoms with E-state index in [9.17, 15) is 28.1 Å². The van der Waals surface area contributed by atoms with Gasteiger partial charge in [-0.1, -0.05) is 11.6 Å². The third-order valence-corrected chi connectivity index (χ3v) is 8.27. The lowest BCUT2D eigenvalue weighted by Crippen LogP contribution is -2.49. The van der Waals surface area contributed by atoms with E-state index >= 15 is 0 Å². The minimum absolute atomic E-state index is 0.00207. The number of nitrogens with one attached hydrogen (secondary N) is 1. The second-order valence-corrected chi connectivity index (χ2v) is 11.2. The minimum Gasteiger partial charge on any atom is -0.459 e. The highest BCUT2D eigenvalue weighted by molar-refractivity contribution is 5.82. The molecule has 1 saturated carbocycles. The van der Waals surface area contributed by atoms with Crippen molar-refractivity contribution in [2.75, 3.05) is 38.1 Å². The van der Waals surface area contributed by atoms with Crippen molar-refractivity contribution in [1.82, 2.24) is 9.80 Å². The van der Waals surface area contributed by atoms with Gasteiger partial charge in [0.2, 0.25) is 5.91 Å². The molecule has 0 radical (unpaired) electrons. The summed E-state index contributed by atoms with van der Waals surface area (Å²) in [5.74, 6) is 0.911. The highest BCUT2D eigenvalue weighted by Gasteiger charge is 2.38. The van der Waals surface area contributed by atoms with Crippen LogP contribution in [0.4, 0.5) is 24.5 Å². The molecule has 42 heavy (non-hydrogen) atoms. The molecular formula is C30H35F3N4O5. The summed E-state index contributed by atoms with van der Waals surface area (Å²) in [5, 5.41) is 15.2. The molecule has 1 N–H and O–H groups in total. The molecule has 0 bridgehead atoms. The van der Waals surface area contributed by atoms with Crippen LogP contribution in [0.3, 0.4) is 0 Å². The summed E-state index contributed by atoms with van der Waals surface area (Å²) in [6.07, 6.45) is -2.30. The van der Waals surface area contributed by atoms with Gasteiger partial charge in [-0.2, -0.15) is 13.2 Å². The number of aryl methyl sites for hydroxylation is 2. The molecule has 1 amide bonds. The lowest BCUT2D eigenvalue weighted by atomic mass is 9.92. The topological polar surface area (TPSA) is 101 Å². The molecule has 5 rings (SSSR count). The number of rotatable bonds is 8. The van der Waals surface area contributed by atoms with Crippen molar-refractivity contribution >= 4 is 28.3 Å². The molecule has 1 aliphatic carbocycles. The first-order chi connectivity index (χ1) is 20.0. The van der Waals surface area contributed by atoms with E-state index in [1.807, 2.05) is 17.0 Å². The van der Waals surface area contributed by atoms with Crippen molar-refractivity contribution in [2.45, 2.75) is 64.4 Å². The highest BCUT2D eigenvalue weighted by atomic mass is 19.4. The molecule has 226 valence electrons. The Morgan fingerprint density at radius 2 is 1.79 bits per heavy atom. The van der Waals surface area contributed by atoms with E-state index in [0.717, 1.165) is 47.5 Å². The van der Waals surface area contributed by atoms with Gasteiger partial charge in [-0.25, -0.2) is 0 Å². The summed E-state index contributed by atoms with van der Waals surface area (Å²) in [5.41, 5.74) is 1.20. The first-order valence-electron chi connectivity index (χ1n) is 14.2. The minimum atomic E-state index is -4.82. The maximum Gasteiger partial charge on any atom is 0.423 e. The zero-order valence-corrected chi connectivity index (χ0v) is 23.7. The van der Waals surface area contributed by atoms with Crippen LogP contribution >= 0.6 is 0 Å². The van der Waals surface area contributed by atoms with Gasteiger partial charge in [-0.05, 0) is 69.4 Å². The fraction of sp³-hybridized carbons (Fsp3) is 0.500. The Kier molecular flexibility index (Phi) is 8.74. The van der Waals surface area contributed by atoms with E-state index in [2.05, 4.69) is 30.1 Å². The Morgan fingerprint density at radius 3 is 2.45 bits per heavy atom. The molecule has 3 aromatic rings. The van der Waals surface area contributed by atoms with Gasteiger partial charge in [0.15, 0.2) is 0 Å². The molecule has 1 saturated heterocycles. The first-order valence-corrected chi connectivity index (χ1v) is 14.2. The third-order valence-electron chi connectivity index (χ3n) is 8.27. The summed E-state index contributed by atoms with van der Waals surface area (Å²) >= 11 is 0. The van der Waals surface area contributed by atoms with Crippen LogP contribution in [0.1, 0.15) is 48.1 Å². The number of furan rings is 1. The van der Waals surface area contributed by atoms with Gasteiger partial charge in [0.05, 0.1) is 17.6 Å². The Bertz CT molecular complexity index is 1440. The predicted molar refractivity (Wildman–Crippen MR) is 151 cm³/mol. The molecule has 2 heterocycles. The zero-order valence-electron chi connectivity index (χ0n) is 23.7. The number of piperazine rings is 1. The Morgan fingerprint density at radius 1 is 1.07 bits per heavy atom. The van der Waals surface area contributed by atoms with Crippen molar-refractivity contribution in [3.63, 3.8) is 0 Å². The van der Waals surface area contributed by atoms with Gasteiger partial charge >= 0.3 is 6.18 Å². The number of halogens is 3.